The average Bonchev–Trinajstić information content (AvgIpc) is 3.01. The highest BCUT2D eigenvalue weighted by atomic mass is 35.5. The number of sulfonamides is 1. The third-order valence-electron chi connectivity index (χ3n) is 4.23. The Morgan fingerprint density at radius 1 is 1.29 bits per heavy atom. The van der Waals surface area contributed by atoms with E-state index in [2.05, 4.69) is 5.32 Å². The number of methoxy groups -OCH3 is 1. The van der Waals surface area contributed by atoms with Crippen LogP contribution in [0.1, 0.15) is 16.8 Å². The van der Waals surface area contributed by atoms with E-state index < -0.39 is 20.9 Å². The maximum atomic E-state index is 12.5. The van der Waals surface area contributed by atoms with Crippen LogP contribution in [-0.2, 0) is 10.0 Å². The summed E-state index contributed by atoms with van der Waals surface area (Å²) < 4.78 is 30.7. The van der Waals surface area contributed by atoms with Crippen molar-refractivity contribution in [1.29, 1.82) is 0 Å². The Morgan fingerprint density at radius 2 is 2.04 bits per heavy atom. The van der Waals surface area contributed by atoms with Gasteiger partial charge < -0.3 is 10.1 Å². The van der Waals surface area contributed by atoms with E-state index in [1.165, 1.54) is 35.7 Å². The summed E-state index contributed by atoms with van der Waals surface area (Å²) in [5.41, 5.74) is 0.403. The second kappa shape index (κ2) is 7.64. The number of rotatable bonds is 5. The van der Waals surface area contributed by atoms with Crippen molar-refractivity contribution in [3.8, 4) is 5.75 Å². The summed E-state index contributed by atoms with van der Waals surface area (Å²) in [7, 11) is -1.96. The number of carbonyl (C=O) groups is 1. The molecule has 1 aliphatic heterocycles. The fraction of sp³-hybridized carbons (Fsp3) is 0.235. The summed E-state index contributed by atoms with van der Waals surface area (Å²) in [5.74, 6) is -0.251. The van der Waals surface area contributed by atoms with Gasteiger partial charge in [0.15, 0.2) is 0 Å². The highest BCUT2D eigenvalue weighted by Crippen LogP contribution is 2.33. The standard InChI is InChI=1S/C17H16ClN3O6S/c1-27-16-10-12(20-7-2-8-28(20,25)26)4-6-14(16)19-17(22)11-3-5-13(18)15(9-11)21(23)24/h3-6,9-10H,2,7-8H2,1H3,(H,19,22). The zero-order valence-corrected chi connectivity index (χ0v) is 16.3. The van der Waals surface area contributed by atoms with E-state index in [1.807, 2.05) is 0 Å². The van der Waals surface area contributed by atoms with Gasteiger partial charge in [0.2, 0.25) is 10.0 Å². The second-order valence-corrected chi connectivity index (χ2v) is 8.42. The van der Waals surface area contributed by atoms with Crippen molar-refractivity contribution >= 4 is 44.6 Å². The number of ether oxygens (including phenoxy) is 1. The summed E-state index contributed by atoms with van der Waals surface area (Å²) in [6, 6.07) is 8.31. The lowest BCUT2D eigenvalue weighted by atomic mass is 10.1. The summed E-state index contributed by atoms with van der Waals surface area (Å²) in [6.45, 7) is 0.381. The number of nitrogens with zero attached hydrogens (tertiary/aromatic N) is 2. The zero-order valence-electron chi connectivity index (χ0n) is 14.7. The Hall–Kier alpha value is -2.85. The number of hydrogen-bond acceptors (Lipinski definition) is 6. The molecule has 1 aliphatic rings. The molecule has 1 heterocycles. The van der Waals surface area contributed by atoms with Gasteiger partial charge in [-0.1, -0.05) is 11.6 Å². The fourth-order valence-corrected chi connectivity index (χ4v) is 4.60. The van der Waals surface area contributed by atoms with E-state index in [0.717, 1.165) is 6.07 Å². The minimum absolute atomic E-state index is 0.0457. The first-order valence-corrected chi connectivity index (χ1v) is 10.2. The third-order valence-corrected chi connectivity index (χ3v) is 6.41. The van der Waals surface area contributed by atoms with E-state index >= 15 is 0 Å². The molecule has 0 aromatic heterocycles. The van der Waals surface area contributed by atoms with E-state index in [9.17, 15) is 23.3 Å². The normalized spacial score (nSPS) is 15.3. The molecule has 0 aliphatic carbocycles. The highest BCUT2D eigenvalue weighted by Gasteiger charge is 2.29. The predicted octanol–water partition coefficient (Wildman–Crippen LogP) is 3.05. The SMILES string of the molecule is COc1cc(N2CCCS2(=O)=O)ccc1NC(=O)c1ccc(Cl)c([N+](=O)[O-])c1. The van der Waals surface area contributed by atoms with E-state index in [1.54, 1.807) is 6.07 Å². The fourth-order valence-electron chi connectivity index (χ4n) is 2.86. The lowest BCUT2D eigenvalue weighted by Crippen LogP contribution is -2.25. The van der Waals surface area contributed by atoms with Gasteiger partial charge in [0.05, 0.1) is 29.2 Å². The van der Waals surface area contributed by atoms with Crippen LogP contribution in [0.25, 0.3) is 0 Å². The summed E-state index contributed by atoms with van der Waals surface area (Å²) in [5, 5.41) is 13.5. The Morgan fingerprint density at radius 3 is 2.64 bits per heavy atom. The number of nitrogens with one attached hydrogen (secondary N) is 1. The second-order valence-electron chi connectivity index (χ2n) is 6.00. The van der Waals surface area contributed by atoms with E-state index in [0.29, 0.717) is 24.3 Å². The van der Waals surface area contributed by atoms with E-state index in [4.69, 9.17) is 16.3 Å². The first-order valence-electron chi connectivity index (χ1n) is 8.16. The van der Waals surface area contributed by atoms with Crippen molar-refractivity contribution < 1.29 is 22.9 Å². The monoisotopic (exact) mass is 425 g/mol. The summed E-state index contributed by atoms with van der Waals surface area (Å²) in [6.07, 6.45) is 0.540. The molecule has 0 radical (unpaired) electrons. The lowest BCUT2D eigenvalue weighted by Gasteiger charge is -2.19. The van der Waals surface area contributed by atoms with Crippen molar-refractivity contribution in [1.82, 2.24) is 0 Å². The maximum absolute atomic E-state index is 12.5. The number of nitro groups is 1. The number of anilines is 2. The van der Waals surface area contributed by atoms with E-state index in [-0.39, 0.29) is 27.8 Å². The average molecular weight is 426 g/mol. The number of nitro benzene ring substituents is 1. The van der Waals surface area contributed by atoms with Gasteiger partial charge in [0.25, 0.3) is 11.6 Å². The molecule has 3 rings (SSSR count). The van der Waals surface area contributed by atoms with Crippen LogP contribution in [0, 0.1) is 10.1 Å². The van der Waals surface area contributed by atoms with Gasteiger partial charge in [-0.05, 0) is 30.7 Å². The largest absolute Gasteiger partial charge is 0.494 e. The van der Waals surface area contributed by atoms with Crippen LogP contribution < -0.4 is 14.4 Å². The maximum Gasteiger partial charge on any atom is 0.288 e. The van der Waals surface area contributed by atoms with Gasteiger partial charge in [-0.25, -0.2) is 8.42 Å². The van der Waals surface area contributed by atoms with Crippen LogP contribution in [0.2, 0.25) is 5.02 Å². The van der Waals surface area contributed by atoms with Crippen molar-refractivity contribution in [2.75, 3.05) is 29.0 Å². The van der Waals surface area contributed by atoms with Crippen LogP contribution in [-0.4, -0.2) is 38.7 Å². The number of carbonyl (C=O) groups excluding carboxylic acids is 1. The van der Waals surface area contributed by atoms with Crippen LogP contribution in [0.4, 0.5) is 17.1 Å². The van der Waals surface area contributed by atoms with Crippen LogP contribution in [0.15, 0.2) is 36.4 Å². The summed E-state index contributed by atoms with van der Waals surface area (Å²) in [4.78, 5) is 22.8. The molecule has 28 heavy (non-hydrogen) atoms. The molecule has 1 fully saturated rings. The van der Waals surface area contributed by atoms with Crippen molar-refractivity contribution in [3.05, 3.63) is 57.1 Å². The molecule has 0 atom stereocenters. The Labute approximate surface area is 166 Å². The molecule has 2 aromatic carbocycles. The van der Waals surface area contributed by atoms with Gasteiger partial charge >= 0.3 is 0 Å². The van der Waals surface area contributed by atoms with Crippen molar-refractivity contribution in [3.63, 3.8) is 0 Å². The molecular weight excluding hydrogens is 410 g/mol. The molecule has 0 unspecified atom stereocenters. The Bertz CT molecular complexity index is 1060. The quantitative estimate of drug-likeness (QED) is 0.580. The van der Waals surface area contributed by atoms with Crippen molar-refractivity contribution in [2.45, 2.75) is 6.42 Å². The highest BCUT2D eigenvalue weighted by molar-refractivity contribution is 7.93. The molecule has 1 saturated heterocycles. The van der Waals surface area contributed by atoms with Gasteiger partial charge in [-0.15, -0.1) is 0 Å². The first-order chi connectivity index (χ1) is 13.2. The molecule has 148 valence electrons. The number of amides is 1. The topological polar surface area (TPSA) is 119 Å². The number of halogens is 1. The molecule has 0 saturated carbocycles. The number of benzene rings is 2. The minimum atomic E-state index is -3.35. The Balaban J connectivity index is 1.87. The van der Waals surface area contributed by atoms with Crippen LogP contribution >= 0.6 is 11.6 Å². The minimum Gasteiger partial charge on any atom is -0.494 e. The summed E-state index contributed by atoms with van der Waals surface area (Å²) >= 11 is 5.76. The number of hydrogen-bond donors (Lipinski definition) is 1. The zero-order chi connectivity index (χ0) is 20.5. The predicted molar refractivity (Wildman–Crippen MR) is 105 cm³/mol. The van der Waals surface area contributed by atoms with Gasteiger partial charge in [-0.2, -0.15) is 0 Å². The molecule has 0 spiro atoms. The molecule has 9 nitrogen and oxygen atoms in total. The van der Waals surface area contributed by atoms with Crippen LogP contribution in [0.5, 0.6) is 5.75 Å². The molecule has 2 aromatic rings. The Kier molecular flexibility index (Phi) is 5.43. The van der Waals surface area contributed by atoms with Crippen LogP contribution in [0.3, 0.4) is 0 Å². The third kappa shape index (κ3) is 3.87. The van der Waals surface area contributed by atoms with Gasteiger partial charge in [0.1, 0.15) is 10.8 Å². The lowest BCUT2D eigenvalue weighted by molar-refractivity contribution is -0.384. The van der Waals surface area contributed by atoms with Gasteiger partial charge in [-0.3, -0.25) is 19.2 Å². The van der Waals surface area contributed by atoms with Crippen molar-refractivity contribution in [2.24, 2.45) is 0 Å². The molecular formula is C17H16ClN3O6S. The molecule has 11 heteroatoms. The molecule has 0 bridgehead atoms. The molecule has 1 amide bonds. The smallest absolute Gasteiger partial charge is 0.288 e. The van der Waals surface area contributed by atoms with Gasteiger partial charge in [0, 0.05) is 24.2 Å². The molecule has 1 N–H and O–H groups in total. The first kappa shape index (κ1) is 19.9.